The molecule has 1 aliphatic rings. The third-order valence-corrected chi connectivity index (χ3v) is 12.7. The van der Waals surface area contributed by atoms with Gasteiger partial charge in [0.2, 0.25) is 0 Å². The molecule has 0 spiro atoms. The summed E-state index contributed by atoms with van der Waals surface area (Å²) in [6, 6.07) is 72.3. The Kier molecular flexibility index (Phi) is 6.25. The van der Waals surface area contributed by atoms with Gasteiger partial charge in [0.25, 0.3) is 0 Å². The molecule has 10 aromatic carbocycles. The summed E-state index contributed by atoms with van der Waals surface area (Å²) < 4.78 is 4.88. The van der Waals surface area contributed by atoms with Crippen molar-refractivity contribution in [2.45, 2.75) is 6.42 Å². The first-order valence-corrected chi connectivity index (χ1v) is 19.9. The van der Waals surface area contributed by atoms with Gasteiger partial charge in [-0.1, -0.05) is 133 Å². The summed E-state index contributed by atoms with van der Waals surface area (Å²) in [4.78, 5) is 0. The van der Waals surface area contributed by atoms with Crippen molar-refractivity contribution in [3.8, 4) is 33.6 Å². The van der Waals surface area contributed by atoms with Crippen molar-refractivity contribution < 1.29 is 0 Å². The van der Waals surface area contributed by atoms with Crippen LogP contribution in [0.3, 0.4) is 0 Å². The van der Waals surface area contributed by atoms with Crippen molar-refractivity contribution >= 4 is 75.9 Å². The Morgan fingerprint density at radius 2 is 0.667 bits per heavy atom. The molecular weight excluding hydrogens is 689 g/mol. The van der Waals surface area contributed by atoms with Crippen molar-refractivity contribution in [1.82, 2.24) is 9.13 Å². The molecule has 264 valence electrons. The number of fused-ring (bicyclic) bond motifs is 15. The molecule has 2 aromatic heterocycles. The van der Waals surface area contributed by atoms with Crippen LogP contribution in [0.1, 0.15) is 11.1 Å². The molecule has 0 saturated heterocycles. The molecule has 0 fully saturated rings. The number of benzene rings is 10. The van der Waals surface area contributed by atoms with Gasteiger partial charge >= 0.3 is 0 Å². The minimum absolute atomic E-state index is 0.960. The molecule has 0 aliphatic heterocycles. The molecule has 0 saturated carbocycles. The van der Waals surface area contributed by atoms with E-state index in [-0.39, 0.29) is 0 Å². The van der Waals surface area contributed by atoms with Crippen molar-refractivity contribution in [2.75, 3.05) is 0 Å². The van der Waals surface area contributed by atoms with E-state index in [4.69, 9.17) is 0 Å². The quantitative estimate of drug-likeness (QED) is 0.161. The molecule has 2 heterocycles. The lowest BCUT2D eigenvalue weighted by molar-refractivity contribution is 1.17. The molecular formula is C55H34N2. The Balaban J connectivity index is 0.956. The Bertz CT molecular complexity index is 3580. The maximum Gasteiger partial charge on any atom is 0.0541 e. The van der Waals surface area contributed by atoms with E-state index >= 15 is 0 Å². The third-order valence-electron chi connectivity index (χ3n) is 12.7. The zero-order valence-electron chi connectivity index (χ0n) is 31.1. The van der Waals surface area contributed by atoms with Crippen LogP contribution in [0, 0.1) is 0 Å². The van der Waals surface area contributed by atoms with Gasteiger partial charge in [0, 0.05) is 32.9 Å². The minimum Gasteiger partial charge on any atom is -0.309 e. The predicted octanol–water partition coefficient (Wildman–Crippen LogP) is 14.6. The van der Waals surface area contributed by atoms with Gasteiger partial charge < -0.3 is 9.13 Å². The molecule has 0 N–H and O–H groups in total. The van der Waals surface area contributed by atoms with E-state index in [0.29, 0.717) is 0 Å². The number of aromatic nitrogens is 2. The maximum absolute atomic E-state index is 2.45. The SMILES string of the molecule is c1ccc2c(c1)c1ccccc1c1cc(-n3c4ccccc4c4cc(-c5ccc6c(c5)-c5cc(-n7c8ccccc8c8ccccc87)ccc5C6)ccc43)ccc21. The molecule has 2 heteroatoms. The third kappa shape index (κ3) is 4.35. The highest BCUT2D eigenvalue weighted by atomic mass is 15.0. The second-order valence-corrected chi connectivity index (χ2v) is 15.7. The fourth-order valence-electron chi connectivity index (χ4n) is 10.1. The summed E-state index contributed by atoms with van der Waals surface area (Å²) >= 11 is 0. The topological polar surface area (TPSA) is 9.86 Å². The molecule has 2 nitrogen and oxygen atoms in total. The van der Waals surface area contributed by atoms with E-state index in [1.54, 1.807) is 0 Å². The molecule has 0 bridgehead atoms. The van der Waals surface area contributed by atoms with E-state index in [2.05, 4.69) is 203 Å². The summed E-state index contributed by atoms with van der Waals surface area (Å²) in [5.74, 6) is 0. The first-order valence-electron chi connectivity index (χ1n) is 19.9. The highest BCUT2D eigenvalue weighted by Gasteiger charge is 2.22. The second kappa shape index (κ2) is 11.6. The van der Waals surface area contributed by atoms with Crippen LogP contribution in [0.15, 0.2) is 194 Å². The average molecular weight is 723 g/mol. The lowest BCUT2D eigenvalue weighted by Gasteiger charge is -2.14. The molecule has 0 radical (unpaired) electrons. The van der Waals surface area contributed by atoms with Crippen molar-refractivity contribution in [3.63, 3.8) is 0 Å². The highest BCUT2D eigenvalue weighted by Crippen LogP contribution is 2.43. The number of rotatable bonds is 3. The Morgan fingerprint density at radius 3 is 1.28 bits per heavy atom. The zero-order chi connectivity index (χ0) is 37.2. The van der Waals surface area contributed by atoms with Crippen molar-refractivity contribution in [2.24, 2.45) is 0 Å². The van der Waals surface area contributed by atoms with E-state index in [1.807, 2.05) is 0 Å². The average Bonchev–Trinajstić information content (AvgIpc) is 3.93. The van der Waals surface area contributed by atoms with Gasteiger partial charge in [0.1, 0.15) is 0 Å². The fraction of sp³-hybridized carbons (Fsp3) is 0.0182. The first kappa shape index (κ1) is 30.9. The predicted molar refractivity (Wildman–Crippen MR) is 241 cm³/mol. The van der Waals surface area contributed by atoms with Gasteiger partial charge in [-0.05, 0) is 133 Å². The molecule has 0 atom stereocenters. The smallest absolute Gasteiger partial charge is 0.0541 e. The van der Waals surface area contributed by atoms with E-state index < -0.39 is 0 Å². The summed E-state index contributed by atoms with van der Waals surface area (Å²) in [6.45, 7) is 0. The van der Waals surface area contributed by atoms with Crippen LogP contribution in [-0.2, 0) is 6.42 Å². The maximum atomic E-state index is 2.45. The summed E-state index contributed by atoms with van der Waals surface area (Å²) in [5.41, 5.74) is 15.2. The molecule has 13 rings (SSSR count). The number of para-hydroxylation sites is 3. The van der Waals surface area contributed by atoms with Gasteiger partial charge in [-0.25, -0.2) is 0 Å². The van der Waals surface area contributed by atoms with Gasteiger partial charge in [0.05, 0.1) is 22.1 Å². The Hall–Kier alpha value is -7.42. The van der Waals surface area contributed by atoms with E-state index in [0.717, 1.165) is 6.42 Å². The lowest BCUT2D eigenvalue weighted by Crippen LogP contribution is -1.95. The molecule has 12 aromatic rings. The minimum atomic E-state index is 0.960. The van der Waals surface area contributed by atoms with Crippen molar-refractivity contribution in [1.29, 1.82) is 0 Å². The van der Waals surface area contributed by atoms with Crippen LogP contribution in [-0.4, -0.2) is 9.13 Å². The number of hydrogen-bond donors (Lipinski definition) is 0. The van der Waals surface area contributed by atoms with Gasteiger partial charge in [0.15, 0.2) is 0 Å². The summed E-state index contributed by atoms with van der Waals surface area (Å²) in [6.07, 6.45) is 0.960. The van der Waals surface area contributed by atoms with Gasteiger partial charge in [-0.15, -0.1) is 0 Å². The van der Waals surface area contributed by atoms with Crippen LogP contribution in [0.4, 0.5) is 0 Å². The normalized spacial score (nSPS) is 12.5. The van der Waals surface area contributed by atoms with Crippen LogP contribution in [0.2, 0.25) is 0 Å². The van der Waals surface area contributed by atoms with E-state index in [9.17, 15) is 0 Å². The summed E-state index contributed by atoms with van der Waals surface area (Å²) in [7, 11) is 0. The van der Waals surface area contributed by atoms with Crippen molar-refractivity contribution in [3.05, 3.63) is 205 Å². The molecule has 1 aliphatic carbocycles. The first-order chi connectivity index (χ1) is 28.3. The van der Waals surface area contributed by atoms with E-state index in [1.165, 1.54) is 121 Å². The number of hydrogen-bond acceptors (Lipinski definition) is 0. The van der Waals surface area contributed by atoms with Crippen LogP contribution in [0.5, 0.6) is 0 Å². The van der Waals surface area contributed by atoms with Crippen LogP contribution >= 0.6 is 0 Å². The van der Waals surface area contributed by atoms with Gasteiger partial charge in [-0.2, -0.15) is 0 Å². The summed E-state index contributed by atoms with van der Waals surface area (Å²) in [5, 5.41) is 12.9. The molecule has 0 amide bonds. The largest absolute Gasteiger partial charge is 0.309 e. The highest BCUT2D eigenvalue weighted by molar-refractivity contribution is 6.25. The zero-order valence-corrected chi connectivity index (χ0v) is 31.1. The lowest BCUT2D eigenvalue weighted by atomic mass is 9.94. The Morgan fingerprint density at radius 1 is 0.263 bits per heavy atom. The van der Waals surface area contributed by atoms with Crippen LogP contribution < -0.4 is 0 Å². The number of nitrogens with zero attached hydrogens (tertiary/aromatic N) is 2. The Labute approximate surface area is 329 Å². The molecule has 0 unspecified atom stereocenters. The second-order valence-electron chi connectivity index (χ2n) is 15.7. The van der Waals surface area contributed by atoms with Crippen LogP contribution in [0.25, 0.3) is 110 Å². The monoisotopic (exact) mass is 722 g/mol. The fourth-order valence-corrected chi connectivity index (χ4v) is 10.1. The standard InChI is InChI=1S/C55H34N2/c1-2-13-42-40(11-1)41-12-3-4-14-43(41)50-33-39(26-27-44(42)50)57-54-20-10-7-17-47(54)51-31-35(24-28-55(51)57)34-21-22-36-29-37-23-25-38(32-49(37)48(36)30-34)56-52-18-8-5-15-45(52)46-16-6-9-19-53(46)56/h1-28,30-33H,29H2. The molecule has 57 heavy (non-hydrogen) atoms. The van der Waals surface area contributed by atoms with Gasteiger partial charge in [-0.3, -0.25) is 0 Å².